The second-order valence-electron chi connectivity index (χ2n) is 8.98. The number of aryl methyl sites for hydroxylation is 1. The predicted molar refractivity (Wildman–Crippen MR) is 149 cm³/mol. The number of ether oxygens (including phenoxy) is 2. The third-order valence-corrected chi connectivity index (χ3v) is 6.80. The van der Waals surface area contributed by atoms with Gasteiger partial charge in [-0.05, 0) is 90.0 Å². The van der Waals surface area contributed by atoms with Crippen LogP contribution in [0.25, 0.3) is 16.6 Å². The molecular weight excluding hydrogens is 544 g/mol. The largest absolute Gasteiger partial charge is 0.466 e. The van der Waals surface area contributed by atoms with Crippen molar-refractivity contribution < 1.29 is 14.3 Å². The molecule has 0 fully saturated rings. The number of fused-ring (bicyclic) bond motifs is 1. The fraction of sp³-hybridized carbons (Fsp3) is 0.333. The van der Waals surface area contributed by atoms with Gasteiger partial charge in [-0.2, -0.15) is 10.4 Å². The van der Waals surface area contributed by atoms with Crippen LogP contribution < -0.4 is 0 Å². The molecule has 4 aromatic rings. The van der Waals surface area contributed by atoms with E-state index in [1.807, 2.05) is 29.8 Å². The van der Waals surface area contributed by atoms with E-state index < -0.39 is 0 Å². The van der Waals surface area contributed by atoms with Gasteiger partial charge in [0.25, 0.3) is 0 Å². The first-order chi connectivity index (χ1) is 18.5. The van der Waals surface area contributed by atoms with Gasteiger partial charge in [0.05, 0.1) is 42.7 Å². The number of carbonyl (C=O) groups excluding carboxylic acids is 1. The van der Waals surface area contributed by atoms with Crippen LogP contribution in [0.1, 0.15) is 61.2 Å². The van der Waals surface area contributed by atoms with Crippen molar-refractivity contribution in [2.75, 3.05) is 6.61 Å². The molecule has 7 nitrogen and oxygen atoms in total. The van der Waals surface area contributed by atoms with E-state index in [1.165, 1.54) is 0 Å². The number of aromatic nitrogens is 3. The Hall–Kier alpha value is -3.54. The van der Waals surface area contributed by atoms with Crippen molar-refractivity contribution in [3.8, 4) is 17.2 Å². The van der Waals surface area contributed by atoms with Crippen molar-refractivity contribution in [1.82, 2.24) is 14.6 Å². The summed E-state index contributed by atoms with van der Waals surface area (Å²) < 4.78 is 14.2. The van der Waals surface area contributed by atoms with Gasteiger partial charge in [0.2, 0.25) is 0 Å². The van der Waals surface area contributed by atoms with Crippen LogP contribution in [0.2, 0.25) is 0 Å². The Labute approximate surface area is 231 Å². The molecule has 0 aliphatic carbocycles. The molecule has 0 unspecified atom stereocenters. The van der Waals surface area contributed by atoms with E-state index >= 15 is 0 Å². The minimum Gasteiger partial charge on any atom is -0.466 e. The van der Waals surface area contributed by atoms with E-state index in [0.717, 1.165) is 69.3 Å². The van der Waals surface area contributed by atoms with Gasteiger partial charge in [-0.3, -0.25) is 9.78 Å². The van der Waals surface area contributed by atoms with Gasteiger partial charge in [-0.1, -0.05) is 19.1 Å². The third-order valence-electron chi connectivity index (χ3n) is 6.37. The van der Waals surface area contributed by atoms with Crippen molar-refractivity contribution in [2.45, 2.75) is 59.2 Å². The molecule has 0 bridgehead atoms. The molecule has 4 rings (SSSR count). The van der Waals surface area contributed by atoms with Gasteiger partial charge < -0.3 is 9.47 Å². The maximum Gasteiger partial charge on any atom is 0.305 e. The van der Waals surface area contributed by atoms with Crippen LogP contribution in [0.5, 0.6) is 0 Å². The summed E-state index contributed by atoms with van der Waals surface area (Å²) in [6, 6.07) is 15.9. The first-order valence-electron chi connectivity index (χ1n) is 12.9. The van der Waals surface area contributed by atoms with Gasteiger partial charge in [0, 0.05) is 40.1 Å². The second kappa shape index (κ2) is 13.3. The number of carbonyl (C=O) groups is 1. The molecule has 196 valence electrons. The molecule has 0 atom stereocenters. The average Bonchev–Trinajstić information content (AvgIpc) is 3.34. The summed E-state index contributed by atoms with van der Waals surface area (Å²) in [6.07, 6.45) is 7.18. The lowest BCUT2D eigenvalue weighted by atomic mass is 9.95. The molecule has 0 saturated carbocycles. The van der Waals surface area contributed by atoms with Crippen LogP contribution in [0, 0.1) is 11.3 Å². The molecule has 0 N–H and O–H groups in total. The highest BCUT2D eigenvalue weighted by Gasteiger charge is 2.19. The molecule has 0 aliphatic heterocycles. The Bertz CT molecular complexity index is 1440. The zero-order valence-electron chi connectivity index (χ0n) is 21.7. The van der Waals surface area contributed by atoms with Crippen molar-refractivity contribution in [2.24, 2.45) is 0 Å². The van der Waals surface area contributed by atoms with E-state index in [9.17, 15) is 4.79 Å². The number of nitriles is 1. The lowest BCUT2D eigenvalue weighted by Crippen LogP contribution is -2.11. The summed E-state index contributed by atoms with van der Waals surface area (Å²) in [5.41, 5.74) is 7.81. The van der Waals surface area contributed by atoms with Gasteiger partial charge in [0.1, 0.15) is 0 Å². The average molecular weight is 576 g/mol. The Morgan fingerprint density at radius 1 is 1.08 bits per heavy atom. The van der Waals surface area contributed by atoms with Crippen molar-refractivity contribution in [1.29, 1.82) is 5.26 Å². The molecule has 0 aliphatic rings. The van der Waals surface area contributed by atoms with Crippen molar-refractivity contribution in [3.05, 3.63) is 87.4 Å². The minimum atomic E-state index is -0.164. The number of nitrogens with zero attached hydrogens (tertiary/aromatic N) is 4. The summed E-state index contributed by atoms with van der Waals surface area (Å²) in [5.74, 6) is -0.164. The van der Waals surface area contributed by atoms with Crippen LogP contribution in [-0.4, -0.2) is 27.2 Å². The number of unbranched alkanes of at least 4 members (excludes halogenated alkanes) is 1. The lowest BCUT2D eigenvalue weighted by Gasteiger charge is -2.18. The Balaban J connectivity index is 1.69. The highest BCUT2D eigenvalue weighted by atomic mass is 79.9. The fourth-order valence-electron chi connectivity index (χ4n) is 4.53. The number of rotatable bonds is 12. The van der Waals surface area contributed by atoms with E-state index in [0.29, 0.717) is 31.8 Å². The first kappa shape index (κ1) is 27.5. The van der Waals surface area contributed by atoms with Gasteiger partial charge in [0.15, 0.2) is 0 Å². The maximum atomic E-state index is 11.9. The number of benzene rings is 1. The Morgan fingerprint density at radius 2 is 1.89 bits per heavy atom. The summed E-state index contributed by atoms with van der Waals surface area (Å²) in [4.78, 5) is 16.3. The molecule has 3 aromatic heterocycles. The molecule has 3 heterocycles. The molecule has 0 amide bonds. The number of pyridine rings is 1. The molecule has 0 radical (unpaired) electrons. The van der Waals surface area contributed by atoms with E-state index in [1.54, 1.807) is 18.3 Å². The summed E-state index contributed by atoms with van der Waals surface area (Å²) >= 11 is 3.58. The molecule has 0 saturated heterocycles. The number of halogens is 1. The number of hydrogen-bond acceptors (Lipinski definition) is 6. The summed E-state index contributed by atoms with van der Waals surface area (Å²) in [7, 11) is 0. The molecule has 38 heavy (non-hydrogen) atoms. The minimum absolute atomic E-state index is 0.164. The normalized spacial score (nSPS) is 11.0. The van der Waals surface area contributed by atoms with E-state index in [-0.39, 0.29) is 5.97 Å². The van der Waals surface area contributed by atoms with Crippen LogP contribution in [0.3, 0.4) is 0 Å². The second-order valence-corrected chi connectivity index (χ2v) is 9.90. The highest BCUT2D eigenvalue weighted by Crippen LogP contribution is 2.34. The van der Waals surface area contributed by atoms with Crippen molar-refractivity contribution >= 4 is 27.4 Å². The predicted octanol–water partition coefficient (Wildman–Crippen LogP) is 6.59. The Morgan fingerprint density at radius 3 is 2.61 bits per heavy atom. The molecular formula is C30H31BrN4O3. The molecule has 8 heteroatoms. The smallest absolute Gasteiger partial charge is 0.305 e. The highest BCUT2D eigenvalue weighted by molar-refractivity contribution is 9.10. The van der Waals surface area contributed by atoms with Crippen molar-refractivity contribution in [3.63, 3.8) is 0 Å². The first-order valence-corrected chi connectivity index (χ1v) is 13.7. The standard InChI is InChI=1S/C30H31BrN4O3/c1-3-25-13-14-28-30(23-15-24(31)18-33-17-23)26(7-5-6-8-29(36)38-4-2)27(34-35(25)28)20-37-19-22-11-9-21(16-32)10-12-22/h9-15,17-18H,3-8,19-20H2,1-2H3. The van der Waals surface area contributed by atoms with Gasteiger partial charge in [-0.25, -0.2) is 4.52 Å². The topological polar surface area (TPSA) is 89.5 Å². The Kier molecular flexibility index (Phi) is 9.63. The van der Waals surface area contributed by atoms with Crippen LogP contribution in [-0.2, 0) is 40.3 Å². The van der Waals surface area contributed by atoms with Gasteiger partial charge >= 0.3 is 5.97 Å². The fourth-order valence-corrected chi connectivity index (χ4v) is 4.89. The van der Waals surface area contributed by atoms with Crippen LogP contribution >= 0.6 is 15.9 Å². The van der Waals surface area contributed by atoms with E-state index in [2.05, 4.69) is 52.1 Å². The monoisotopic (exact) mass is 574 g/mol. The van der Waals surface area contributed by atoms with Crippen LogP contribution in [0.4, 0.5) is 0 Å². The summed E-state index contributed by atoms with van der Waals surface area (Å²) in [6.45, 7) is 5.08. The zero-order valence-corrected chi connectivity index (χ0v) is 23.3. The number of esters is 1. The molecule has 0 spiro atoms. The number of hydrogen-bond donors (Lipinski definition) is 0. The molecule has 1 aromatic carbocycles. The zero-order chi connectivity index (χ0) is 26.9. The summed E-state index contributed by atoms with van der Waals surface area (Å²) in [5, 5.41) is 14.1. The maximum absolute atomic E-state index is 11.9. The van der Waals surface area contributed by atoms with Gasteiger partial charge in [-0.15, -0.1) is 0 Å². The van der Waals surface area contributed by atoms with E-state index in [4.69, 9.17) is 19.8 Å². The quantitative estimate of drug-likeness (QED) is 0.140. The van der Waals surface area contributed by atoms with Crippen LogP contribution in [0.15, 0.2) is 59.3 Å². The SMILES string of the molecule is CCOC(=O)CCCCc1c(COCc2ccc(C#N)cc2)nn2c(CC)ccc2c1-c1cncc(Br)c1. The lowest BCUT2D eigenvalue weighted by molar-refractivity contribution is -0.143. The third kappa shape index (κ3) is 6.66.